The second-order valence-electron chi connectivity index (χ2n) is 8.41. The Bertz CT molecular complexity index is 1200. The van der Waals surface area contributed by atoms with Crippen molar-refractivity contribution in [3.63, 3.8) is 0 Å². The Balaban J connectivity index is 1.28. The van der Waals surface area contributed by atoms with Crippen LogP contribution in [0.25, 0.3) is 11.4 Å². The normalized spacial score (nSPS) is 18.4. The maximum absolute atomic E-state index is 13.4. The third-order valence-corrected chi connectivity index (χ3v) is 7.44. The van der Waals surface area contributed by atoms with E-state index >= 15 is 0 Å². The van der Waals surface area contributed by atoms with Gasteiger partial charge in [0.1, 0.15) is 5.82 Å². The van der Waals surface area contributed by atoms with Gasteiger partial charge in [-0.15, -0.1) is 0 Å². The van der Waals surface area contributed by atoms with Gasteiger partial charge in [0, 0.05) is 25.4 Å². The minimum atomic E-state index is -3.71. The summed E-state index contributed by atoms with van der Waals surface area (Å²) in [5.41, 5.74) is 1.43. The van der Waals surface area contributed by atoms with Gasteiger partial charge in [0.05, 0.1) is 23.4 Å². The van der Waals surface area contributed by atoms with Crippen molar-refractivity contribution in [1.82, 2.24) is 19.7 Å². The molecule has 1 aliphatic carbocycles. The van der Waals surface area contributed by atoms with E-state index in [1.165, 1.54) is 18.2 Å². The van der Waals surface area contributed by atoms with Crippen LogP contribution in [0.1, 0.15) is 25.7 Å². The molecule has 0 spiro atoms. The van der Waals surface area contributed by atoms with Crippen molar-refractivity contribution < 1.29 is 17.5 Å². The van der Waals surface area contributed by atoms with Crippen LogP contribution < -0.4 is 14.8 Å². The van der Waals surface area contributed by atoms with Gasteiger partial charge < -0.3 is 10.1 Å². The van der Waals surface area contributed by atoms with Gasteiger partial charge in [0.2, 0.25) is 21.9 Å². The Labute approximate surface area is 199 Å². The Morgan fingerprint density at radius 1 is 0.971 bits per heavy atom. The van der Waals surface area contributed by atoms with Gasteiger partial charge in [0.25, 0.3) is 0 Å². The predicted molar refractivity (Wildman–Crippen MR) is 127 cm³/mol. The third-order valence-electron chi connectivity index (χ3n) is 6.02. The minimum Gasteiger partial charge on any atom is -0.481 e. The van der Waals surface area contributed by atoms with Crippen LogP contribution >= 0.6 is 0 Å². The number of anilines is 1. The fourth-order valence-electron chi connectivity index (χ4n) is 4.07. The molecule has 4 rings (SSSR count). The summed E-state index contributed by atoms with van der Waals surface area (Å²) in [6.07, 6.45) is 5.48. The Morgan fingerprint density at radius 3 is 2.41 bits per heavy atom. The van der Waals surface area contributed by atoms with E-state index in [9.17, 15) is 12.8 Å². The number of benzene rings is 1. The summed E-state index contributed by atoms with van der Waals surface area (Å²) < 4.78 is 46.1. The van der Waals surface area contributed by atoms with E-state index in [0.29, 0.717) is 30.0 Å². The van der Waals surface area contributed by atoms with Crippen LogP contribution in [0.2, 0.25) is 0 Å². The summed E-state index contributed by atoms with van der Waals surface area (Å²) in [6.45, 7) is 1.07. The van der Waals surface area contributed by atoms with Crippen LogP contribution in [0.3, 0.4) is 0 Å². The smallest absolute Gasteiger partial charge is 0.240 e. The van der Waals surface area contributed by atoms with Crippen molar-refractivity contribution in [1.29, 1.82) is 0 Å². The van der Waals surface area contributed by atoms with Gasteiger partial charge >= 0.3 is 0 Å². The molecule has 0 saturated heterocycles. The summed E-state index contributed by atoms with van der Waals surface area (Å²) in [4.78, 5) is 13.3. The van der Waals surface area contributed by atoms with Gasteiger partial charge in [-0.05, 0) is 67.9 Å². The molecule has 2 N–H and O–H groups in total. The number of halogens is 1. The monoisotopic (exact) mass is 485 g/mol. The Hall–Kier alpha value is -3.11. The van der Waals surface area contributed by atoms with Crippen LogP contribution in [-0.4, -0.2) is 43.6 Å². The topological polar surface area (TPSA) is 106 Å². The largest absolute Gasteiger partial charge is 0.481 e. The maximum Gasteiger partial charge on any atom is 0.240 e. The molecule has 2 heterocycles. The van der Waals surface area contributed by atoms with E-state index in [2.05, 4.69) is 25.0 Å². The van der Waals surface area contributed by atoms with Crippen LogP contribution in [0.15, 0.2) is 59.6 Å². The van der Waals surface area contributed by atoms with E-state index in [-0.39, 0.29) is 10.8 Å². The number of nitrogens with zero attached hydrogens (tertiary/aromatic N) is 3. The second-order valence-corrected chi connectivity index (χ2v) is 10.2. The summed E-state index contributed by atoms with van der Waals surface area (Å²) in [7, 11) is -2.14. The molecule has 1 saturated carbocycles. The van der Waals surface area contributed by atoms with Crippen molar-refractivity contribution >= 4 is 16.0 Å². The average molecular weight is 486 g/mol. The molecule has 0 radical (unpaired) electrons. The van der Waals surface area contributed by atoms with Crippen LogP contribution in [0, 0.1) is 17.7 Å². The molecule has 0 bridgehead atoms. The molecule has 0 atom stereocenters. The Morgan fingerprint density at radius 2 is 1.74 bits per heavy atom. The van der Waals surface area contributed by atoms with E-state index in [1.807, 2.05) is 18.2 Å². The zero-order valence-electron chi connectivity index (χ0n) is 18.9. The van der Waals surface area contributed by atoms with E-state index in [1.54, 1.807) is 19.4 Å². The molecule has 3 aromatic rings. The van der Waals surface area contributed by atoms with Crippen LogP contribution in [0.4, 0.5) is 10.3 Å². The van der Waals surface area contributed by atoms with E-state index in [4.69, 9.17) is 4.74 Å². The van der Waals surface area contributed by atoms with Gasteiger partial charge in [-0.3, -0.25) is 4.98 Å². The van der Waals surface area contributed by atoms with Crippen molar-refractivity contribution in [2.45, 2.75) is 30.6 Å². The van der Waals surface area contributed by atoms with Gasteiger partial charge in [-0.1, -0.05) is 12.1 Å². The summed E-state index contributed by atoms with van der Waals surface area (Å²) in [5, 5.41) is 3.32. The number of sulfonamides is 1. The number of aromatic nitrogens is 3. The lowest BCUT2D eigenvalue weighted by atomic mass is 9.82. The average Bonchev–Trinajstić information content (AvgIpc) is 2.87. The van der Waals surface area contributed by atoms with Gasteiger partial charge in [0.15, 0.2) is 0 Å². The summed E-state index contributed by atoms with van der Waals surface area (Å²) >= 11 is 0. The van der Waals surface area contributed by atoms with Crippen LogP contribution in [0.5, 0.6) is 5.88 Å². The van der Waals surface area contributed by atoms with Crippen LogP contribution in [-0.2, 0) is 10.0 Å². The van der Waals surface area contributed by atoms with Crippen molar-refractivity contribution in [2.24, 2.45) is 11.8 Å². The highest BCUT2D eigenvalue weighted by Gasteiger charge is 2.24. The molecule has 0 unspecified atom stereocenters. The van der Waals surface area contributed by atoms with E-state index in [0.717, 1.165) is 44.0 Å². The SMILES string of the molecule is COc1cc(-c2ccccn2)nc(NCC2CCC(CNS(=O)(=O)c3cccc(F)c3)CC2)n1. The highest BCUT2D eigenvalue weighted by molar-refractivity contribution is 7.89. The molecule has 1 aliphatic rings. The molecule has 2 aromatic heterocycles. The first-order valence-corrected chi connectivity index (χ1v) is 12.7. The molecule has 8 nitrogen and oxygen atoms in total. The molecule has 0 amide bonds. The molecular formula is C24H28FN5O3S. The van der Waals surface area contributed by atoms with Crippen molar-refractivity contribution in [3.05, 3.63) is 60.5 Å². The predicted octanol–water partition coefficient (Wildman–Crippen LogP) is 3.88. The van der Waals surface area contributed by atoms with Crippen molar-refractivity contribution in [3.8, 4) is 17.3 Å². The standard InChI is InChI=1S/C24H28FN5O3S/c1-33-23-14-22(21-7-2-3-12-26-21)29-24(30-23)27-15-17-8-10-18(11-9-17)16-28-34(31,32)20-6-4-5-19(25)13-20/h2-7,12-14,17-18,28H,8-11,15-16H2,1H3,(H,27,29,30). The zero-order valence-corrected chi connectivity index (χ0v) is 19.8. The van der Waals surface area contributed by atoms with E-state index < -0.39 is 15.8 Å². The Kier molecular flexibility index (Phi) is 7.69. The van der Waals surface area contributed by atoms with Gasteiger partial charge in [-0.2, -0.15) is 4.98 Å². The lowest BCUT2D eigenvalue weighted by Gasteiger charge is -2.28. The molecule has 1 aromatic carbocycles. The fraction of sp³-hybridized carbons (Fsp3) is 0.375. The molecular weight excluding hydrogens is 457 g/mol. The molecule has 10 heteroatoms. The number of methoxy groups -OCH3 is 1. The number of hydrogen-bond acceptors (Lipinski definition) is 7. The first-order valence-electron chi connectivity index (χ1n) is 11.3. The molecule has 1 fully saturated rings. The summed E-state index contributed by atoms with van der Waals surface area (Å²) in [6, 6.07) is 12.4. The maximum atomic E-state index is 13.4. The second kappa shape index (κ2) is 10.9. The first-order chi connectivity index (χ1) is 16.4. The fourth-order valence-corrected chi connectivity index (χ4v) is 5.22. The highest BCUT2D eigenvalue weighted by Crippen LogP contribution is 2.29. The quantitative estimate of drug-likeness (QED) is 0.474. The number of rotatable bonds is 9. The zero-order chi connectivity index (χ0) is 24.0. The first kappa shape index (κ1) is 24.0. The number of nitrogens with one attached hydrogen (secondary N) is 2. The summed E-state index contributed by atoms with van der Waals surface area (Å²) in [5.74, 6) is 1.08. The number of ether oxygens (including phenoxy) is 1. The number of hydrogen-bond donors (Lipinski definition) is 2. The third kappa shape index (κ3) is 6.27. The van der Waals surface area contributed by atoms with Gasteiger partial charge in [-0.25, -0.2) is 22.5 Å². The molecule has 34 heavy (non-hydrogen) atoms. The lowest BCUT2D eigenvalue weighted by Crippen LogP contribution is -2.32. The minimum absolute atomic E-state index is 0.0475. The number of pyridine rings is 1. The lowest BCUT2D eigenvalue weighted by molar-refractivity contribution is 0.284. The van der Waals surface area contributed by atoms with Crippen molar-refractivity contribution in [2.75, 3.05) is 25.5 Å². The molecule has 180 valence electrons. The highest BCUT2D eigenvalue weighted by atomic mass is 32.2. The molecule has 0 aliphatic heterocycles.